The molecule has 0 bridgehead atoms. The number of piperazine rings is 1. The van der Waals surface area contributed by atoms with Crippen LogP contribution in [0.5, 0.6) is 5.75 Å². The van der Waals surface area contributed by atoms with Gasteiger partial charge in [-0.25, -0.2) is 4.85 Å². The second kappa shape index (κ2) is 14.8. The molecule has 4 fully saturated rings. The Bertz CT molecular complexity index is 2050. The summed E-state index contributed by atoms with van der Waals surface area (Å²) < 4.78 is 6.09. The van der Waals surface area contributed by atoms with Gasteiger partial charge in [0.2, 0.25) is 17.5 Å². The molecule has 1 saturated carbocycles. The van der Waals surface area contributed by atoms with Crippen molar-refractivity contribution in [1.82, 2.24) is 20.4 Å². The maximum absolute atomic E-state index is 13.3. The van der Waals surface area contributed by atoms with E-state index in [-0.39, 0.29) is 36.5 Å². The van der Waals surface area contributed by atoms with Crippen molar-refractivity contribution in [3.63, 3.8) is 0 Å². The number of halogens is 1. The smallest absolute Gasteiger partial charge is 0.262 e. The summed E-state index contributed by atoms with van der Waals surface area (Å²) in [6, 6.07) is 17.7. The maximum Gasteiger partial charge on any atom is 0.262 e. The summed E-state index contributed by atoms with van der Waals surface area (Å²) in [5.41, 5.74) is 3.59. The average molecular weight is 750 g/mol. The van der Waals surface area contributed by atoms with E-state index in [1.807, 2.05) is 30.3 Å². The molecule has 13 nitrogen and oxygen atoms in total. The number of ether oxygens (including phenoxy) is 1. The number of amides is 5. The van der Waals surface area contributed by atoms with Crippen LogP contribution in [0.3, 0.4) is 0 Å². The Morgan fingerprint density at radius 1 is 0.815 bits per heavy atom. The van der Waals surface area contributed by atoms with E-state index < -0.39 is 29.7 Å². The summed E-state index contributed by atoms with van der Waals surface area (Å²) in [7, 11) is 0. The minimum absolute atomic E-state index is 0.0438. The Kier molecular flexibility index (Phi) is 9.72. The lowest BCUT2D eigenvalue weighted by Gasteiger charge is -2.49. The lowest BCUT2D eigenvalue weighted by molar-refractivity contribution is -0.136. The fraction of sp³-hybridized carbons (Fsp3) is 0.400. The molecule has 1 aliphatic carbocycles. The highest BCUT2D eigenvalue weighted by Gasteiger charge is 2.45. The Labute approximate surface area is 318 Å². The zero-order valence-electron chi connectivity index (χ0n) is 29.6. The van der Waals surface area contributed by atoms with Crippen molar-refractivity contribution in [2.75, 3.05) is 49.1 Å². The first-order chi connectivity index (χ1) is 26.1. The van der Waals surface area contributed by atoms with E-state index in [1.165, 1.54) is 0 Å². The van der Waals surface area contributed by atoms with Crippen LogP contribution < -0.4 is 25.2 Å². The number of imide groups is 2. The van der Waals surface area contributed by atoms with Crippen molar-refractivity contribution >= 4 is 58.2 Å². The first-order valence-corrected chi connectivity index (χ1v) is 18.9. The molecule has 278 valence electrons. The summed E-state index contributed by atoms with van der Waals surface area (Å²) >= 11 is 6.15. The number of rotatable bonds is 8. The third kappa shape index (κ3) is 6.99. The van der Waals surface area contributed by atoms with E-state index in [9.17, 15) is 24.0 Å². The number of nitrogens with zero attached hydrogens (tertiary/aromatic N) is 5. The van der Waals surface area contributed by atoms with Crippen LogP contribution in [0.1, 0.15) is 69.6 Å². The third-order valence-electron chi connectivity index (χ3n) is 11.3. The van der Waals surface area contributed by atoms with Gasteiger partial charge in [0.1, 0.15) is 11.8 Å². The summed E-state index contributed by atoms with van der Waals surface area (Å²) in [5, 5.41) is 5.81. The van der Waals surface area contributed by atoms with E-state index in [2.05, 4.69) is 30.2 Å². The molecule has 54 heavy (non-hydrogen) atoms. The van der Waals surface area contributed by atoms with Gasteiger partial charge in [-0.1, -0.05) is 17.7 Å². The monoisotopic (exact) mass is 749 g/mol. The fourth-order valence-electron chi connectivity index (χ4n) is 8.16. The van der Waals surface area contributed by atoms with Crippen molar-refractivity contribution < 1.29 is 28.7 Å². The fourth-order valence-corrected chi connectivity index (χ4v) is 8.37. The summed E-state index contributed by atoms with van der Waals surface area (Å²) in [6.45, 7) is 12.3. The van der Waals surface area contributed by atoms with Gasteiger partial charge < -0.3 is 19.9 Å². The number of hydrogen-bond donors (Lipinski definition) is 2. The van der Waals surface area contributed by atoms with E-state index in [1.54, 1.807) is 30.3 Å². The van der Waals surface area contributed by atoms with E-state index in [0.29, 0.717) is 33.6 Å². The van der Waals surface area contributed by atoms with E-state index in [0.717, 1.165) is 81.2 Å². The quantitative estimate of drug-likeness (QED) is 0.254. The largest absolute Gasteiger partial charge is 0.490 e. The van der Waals surface area contributed by atoms with Crippen LogP contribution in [0.2, 0.25) is 5.02 Å². The van der Waals surface area contributed by atoms with Crippen molar-refractivity contribution in [2.24, 2.45) is 0 Å². The van der Waals surface area contributed by atoms with Crippen LogP contribution in [-0.2, 0) is 9.59 Å². The van der Waals surface area contributed by atoms with Gasteiger partial charge in [-0.15, -0.1) is 0 Å². The Morgan fingerprint density at radius 3 is 2.20 bits per heavy atom. The van der Waals surface area contributed by atoms with Gasteiger partial charge in [0.05, 0.1) is 28.8 Å². The number of carbonyl (C=O) groups excluding carboxylic acids is 5. The minimum Gasteiger partial charge on any atom is -0.490 e. The molecule has 0 radical (unpaired) electrons. The second-order valence-electron chi connectivity index (χ2n) is 14.6. The van der Waals surface area contributed by atoms with Crippen molar-refractivity contribution in [3.8, 4) is 5.75 Å². The van der Waals surface area contributed by atoms with Crippen LogP contribution in [0.15, 0.2) is 60.7 Å². The number of anilines is 2. The molecule has 3 aromatic rings. The second-order valence-corrected chi connectivity index (χ2v) is 15.0. The standard InChI is InChI=1S/C40H40ClN7O6/c1-42-34-13-11-30(21-33(34)41)54-29-9-4-25(5-10-29)43-37(50)24-2-6-26(7-3-24)45-16-18-46(19-17-45)28-22-47(23-28)27-8-12-31-32(20-27)40(53)48(39(31)52)35-14-15-36(49)44-38(35)51/h2-3,6-8,11-13,20-21,25,28-29,35H,4-5,9-10,14-19,22-23H2,(H,43,50)(H,44,49,51). The Balaban J connectivity index is 0.775. The number of benzene rings is 3. The molecule has 2 N–H and O–H groups in total. The minimum atomic E-state index is -0.976. The van der Waals surface area contributed by atoms with Crippen molar-refractivity contribution in [2.45, 2.75) is 62.8 Å². The summed E-state index contributed by atoms with van der Waals surface area (Å²) in [4.78, 5) is 74.8. The predicted molar refractivity (Wildman–Crippen MR) is 201 cm³/mol. The molecule has 8 rings (SSSR count). The van der Waals surface area contributed by atoms with Gasteiger partial charge in [-0.3, -0.25) is 39.1 Å². The number of fused-ring (bicyclic) bond motifs is 1. The normalized spacial score (nSPS) is 23.4. The molecule has 1 atom stereocenters. The number of piperidine rings is 1. The van der Waals surface area contributed by atoms with Gasteiger partial charge in [-0.05, 0) is 86.7 Å². The van der Waals surface area contributed by atoms with Gasteiger partial charge in [0.25, 0.3) is 17.7 Å². The van der Waals surface area contributed by atoms with Crippen molar-refractivity contribution in [1.29, 1.82) is 0 Å². The first-order valence-electron chi connectivity index (χ1n) is 18.5. The molecule has 3 saturated heterocycles. The van der Waals surface area contributed by atoms with Gasteiger partial charge in [0.15, 0.2) is 0 Å². The van der Waals surface area contributed by atoms with Gasteiger partial charge >= 0.3 is 0 Å². The molecule has 14 heteroatoms. The Hall–Kier alpha value is -5.45. The summed E-state index contributed by atoms with van der Waals surface area (Å²) in [6.07, 6.45) is 3.55. The highest BCUT2D eigenvalue weighted by molar-refractivity contribution is 6.33. The van der Waals surface area contributed by atoms with Crippen LogP contribution in [0, 0.1) is 6.57 Å². The number of carbonyl (C=O) groups is 5. The third-order valence-corrected chi connectivity index (χ3v) is 11.6. The zero-order valence-corrected chi connectivity index (χ0v) is 30.4. The molecular weight excluding hydrogens is 710 g/mol. The zero-order chi connectivity index (χ0) is 37.5. The highest BCUT2D eigenvalue weighted by atomic mass is 35.5. The summed E-state index contributed by atoms with van der Waals surface area (Å²) in [5.74, 6) is -1.41. The van der Waals surface area contributed by atoms with Gasteiger partial charge in [-0.2, -0.15) is 0 Å². The lowest BCUT2D eigenvalue weighted by Crippen LogP contribution is -2.63. The molecular formula is C40H40ClN7O6. The topological polar surface area (TPSA) is 136 Å². The molecule has 5 amide bonds. The molecule has 4 aliphatic heterocycles. The highest BCUT2D eigenvalue weighted by Crippen LogP contribution is 2.34. The van der Waals surface area contributed by atoms with Crippen LogP contribution in [0.4, 0.5) is 17.1 Å². The number of hydrogen-bond acceptors (Lipinski definition) is 9. The SMILES string of the molecule is [C-]#[N+]c1ccc(OC2CCC(NC(=O)c3ccc(N4CCN(C5CN(c6ccc7c(c6)C(=O)N(C6CCC(=O)NC6=O)C7=O)C5)CC4)cc3)CC2)cc1Cl. The predicted octanol–water partition coefficient (Wildman–Crippen LogP) is 4.42. The maximum atomic E-state index is 13.3. The first kappa shape index (κ1) is 35.6. The van der Waals surface area contributed by atoms with Crippen LogP contribution in [-0.4, -0.2) is 103 Å². The number of nitrogens with one attached hydrogen (secondary N) is 2. The molecule has 5 aliphatic rings. The molecule has 0 aromatic heterocycles. The molecule has 0 spiro atoms. The van der Waals surface area contributed by atoms with Crippen molar-refractivity contribution in [3.05, 3.63) is 93.8 Å². The lowest BCUT2D eigenvalue weighted by atomic mass is 9.92. The molecule has 1 unspecified atom stereocenters. The Morgan fingerprint density at radius 2 is 1.52 bits per heavy atom. The molecule has 4 heterocycles. The average Bonchev–Trinajstić information content (AvgIpc) is 3.40. The van der Waals surface area contributed by atoms with Gasteiger partial charge in [0, 0.05) is 74.7 Å². The van der Waals surface area contributed by atoms with E-state index >= 15 is 0 Å². The van der Waals surface area contributed by atoms with Crippen LogP contribution >= 0.6 is 11.6 Å². The molecule has 3 aromatic carbocycles. The van der Waals surface area contributed by atoms with Crippen LogP contribution in [0.25, 0.3) is 4.85 Å². The van der Waals surface area contributed by atoms with E-state index in [4.69, 9.17) is 22.9 Å².